The molecule has 0 bridgehead atoms. The maximum atomic E-state index is 14.4. The average Bonchev–Trinajstić information content (AvgIpc) is 2.57. The Morgan fingerprint density at radius 3 is 1.04 bits per heavy atom. The predicted octanol–water partition coefficient (Wildman–Crippen LogP) is 4.14. The summed E-state index contributed by atoms with van der Waals surface area (Å²) >= 11 is -6.52. The van der Waals surface area contributed by atoms with Crippen molar-refractivity contribution in [3.8, 4) is 0 Å². The molecule has 0 radical (unpaired) electrons. The molecule has 0 aliphatic carbocycles. The van der Waals surface area contributed by atoms with Gasteiger partial charge in [0.1, 0.15) is 0 Å². The molecule has 0 aromatic heterocycles. The molecule has 6 atom stereocenters. The average molecular weight is 503 g/mol. The van der Waals surface area contributed by atoms with Gasteiger partial charge in [-0.2, -0.15) is 0 Å². The molecule has 0 saturated heterocycles. The molecule has 2 nitrogen and oxygen atoms in total. The van der Waals surface area contributed by atoms with Crippen LogP contribution < -0.4 is 0 Å². The van der Waals surface area contributed by atoms with Gasteiger partial charge >= 0.3 is 142 Å². The molecule has 0 aromatic rings. The van der Waals surface area contributed by atoms with Crippen LogP contribution in [0.1, 0.15) is 13.8 Å². The van der Waals surface area contributed by atoms with Gasteiger partial charge in [0.2, 0.25) is 0 Å². The molecule has 0 saturated carbocycles. The number of halogens is 10. The van der Waals surface area contributed by atoms with E-state index in [0.29, 0.717) is 0 Å². The first-order valence-corrected chi connectivity index (χ1v) is 12.8. The third kappa shape index (κ3) is 6.01. The fourth-order valence-corrected chi connectivity index (χ4v) is 11.1. The van der Waals surface area contributed by atoms with Crippen LogP contribution in [0.5, 0.6) is 0 Å². The fourth-order valence-electron chi connectivity index (χ4n) is 2.01. The zero-order valence-electron chi connectivity index (χ0n) is 13.1. The molecule has 0 fully saturated rings. The Morgan fingerprint density at radius 2 is 0.840 bits per heavy atom. The van der Waals surface area contributed by atoms with Crippen molar-refractivity contribution in [1.29, 1.82) is 0 Å². The van der Waals surface area contributed by atoms with Gasteiger partial charge in [0.05, 0.1) is 0 Å². The van der Waals surface area contributed by atoms with Crippen molar-refractivity contribution in [2.24, 2.45) is 0 Å². The summed E-state index contributed by atoms with van der Waals surface area (Å²) in [5, 5.41) is 0. The van der Waals surface area contributed by atoms with Crippen LogP contribution in [-0.2, 0) is 6.15 Å². The van der Waals surface area contributed by atoms with E-state index in [-0.39, 0.29) is 0 Å². The van der Waals surface area contributed by atoms with Gasteiger partial charge in [0.25, 0.3) is 0 Å². The molecule has 0 amide bonds. The molecule has 0 spiro atoms. The van der Waals surface area contributed by atoms with Gasteiger partial charge in [-0.05, 0) is 0 Å². The molecule has 0 aromatic carbocycles. The van der Waals surface area contributed by atoms with E-state index in [1.165, 1.54) is 0 Å². The van der Waals surface area contributed by atoms with E-state index in [9.17, 15) is 43.9 Å². The third-order valence-corrected chi connectivity index (χ3v) is 13.6. The number of hydrogen-bond acceptors (Lipinski definition) is 2. The first kappa shape index (κ1) is 25.0. The van der Waals surface area contributed by atoms with E-state index in [0.717, 1.165) is 13.8 Å². The molecule has 0 N–H and O–H groups in total. The van der Waals surface area contributed by atoms with E-state index in [2.05, 4.69) is 6.15 Å². The second kappa shape index (κ2) is 11.0. The van der Waals surface area contributed by atoms with Crippen molar-refractivity contribution in [3.05, 3.63) is 0 Å². The van der Waals surface area contributed by atoms with Crippen LogP contribution in [0.25, 0.3) is 0 Å². The molecular formula is C12H18F10O2Sn. The van der Waals surface area contributed by atoms with E-state index in [1.807, 2.05) is 0 Å². The van der Waals surface area contributed by atoms with Crippen LogP contribution in [0.4, 0.5) is 43.9 Å². The third-order valence-electron chi connectivity index (χ3n) is 3.16. The van der Waals surface area contributed by atoms with Crippen molar-refractivity contribution in [1.82, 2.24) is 0 Å². The first-order valence-electron chi connectivity index (χ1n) is 7.16. The van der Waals surface area contributed by atoms with E-state index in [4.69, 9.17) is 0 Å². The molecular weight excluding hydrogens is 485 g/mol. The van der Waals surface area contributed by atoms with Crippen molar-refractivity contribution in [2.75, 3.05) is 13.2 Å². The Labute approximate surface area is 142 Å². The zero-order chi connectivity index (χ0) is 19.9. The minimum atomic E-state index is -6.52. The normalized spacial score (nSPS) is 20.4. The van der Waals surface area contributed by atoms with Gasteiger partial charge in [-0.15, -0.1) is 0 Å². The zero-order valence-corrected chi connectivity index (χ0v) is 16.0. The summed E-state index contributed by atoms with van der Waals surface area (Å²) in [6.45, 7) is 0.886. The summed E-state index contributed by atoms with van der Waals surface area (Å²) < 4.78 is 133. The predicted molar refractivity (Wildman–Crippen MR) is 70.4 cm³/mol. The maximum absolute atomic E-state index is 14.4. The molecule has 0 heterocycles. The van der Waals surface area contributed by atoms with E-state index < -0.39 is 78.3 Å². The Balaban J connectivity index is 5.84. The number of alkyl halides is 10. The standard InChI is InChI=1S/2C4H4F5.2C2H5O.Sn/c2*5-1-2(6)3(7)4(8)9;2*1-2-3;/h2*1-4H;2*2H2,1H3;/q;;2*-1;+2. The van der Waals surface area contributed by atoms with Crippen LogP contribution >= 0.6 is 0 Å². The van der Waals surface area contributed by atoms with Gasteiger partial charge in [-0.25, -0.2) is 0 Å². The number of rotatable bonds is 12. The second-order valence-corrected chi connectivity index (χ2v) is 13.8. The summed E-state index contributed by atoms with van der Waals surface area (Å²) in [5.41, 5.74) is 0. The van der Waals surface area contributed by atoms with Gasteiger partial charge in [-0.3, -0.25) is 0 Å². The first-order chi connectivity index (χ1) is 11.5. The Bertz CT molecular complexity index is 344. The molecule has 0 aliphatic heterocycles. The Hall–Kier alpha value is 0.0187. The fraction of sp³-hybridized carbons (Fsp3) is 1.00. The minimum absolute atomic E-state index is 0.645. The van der Waals surface area contributed by atoms with Crippen molar-refractivity contribution in [3.63, 3.8) is 0 Å². The Morgan fingerprint density at radius 1 is 0.560 bits per heavy atom. The molecule has 152 valence electrons. The monoisotopic (exact) mass is 504 g/mol. The molecule has 0 aliphatic rings. The van der Waals surface area contributed by atoms with E-state index in [1.54, 1.807) is 0 Å². The molecule has 0 rings (SSSR count). The summed E-state index contributed by atoms with van der Waals surface area (Å²) in [5.74, 6) is 0. The van der Waals surface area contributed by atoms with Gasteiger partial charge in [-0.1, -0.05) is 0 Å². The van der Waals surface area contributed by atoms with Crippen LogP contribution in [0.2, 0.25) is 0 Å². The summed E-state index contributed by atoms with van der Waals surface area (Å²) in [7, 11) is 0. The van der Waals surface area contributed by atoms with Crippen LogP contribution in [0, 0.1) is 0 Å². The molecule has 13 heteroatoms. The topological polar surface area (TPSA) is 18.5 Å². The van der Waals surface area contributed by atoms with Gasteiger partial charge in [0, 0.05) is 0 Å². The second-order valence-electron chi connectivity index (χ2n) is 4.84. The van der Waals surface area contributed by atoms with Crippen molar-refractivity contribution in [2.45, 2.75) is 59.8 Å². The van der Waals surface area contributed by atoms with Crippen LogP contribution in [0.3, 0.4) is 0 Å². The SMILES string of the molecule is CC[O][Sn]([O]CC)([CH](F)C(F)C(F)C(F)F)[CH](F)C(F)C(F)C(F)F. The van der Waals surface area contributed by atoms with Crippen LogP contribution in [0.15, 0.2) is 0 Å². The summed E-state index contributed by atoms with van der Waals surface area (Å²) in [6, 6.07) is 0. The Kier molecular flexibility index (Phi) is 11.0. The molecule has 25 heavy (non-hydrogen) atoms. The van der Waals surface area contributed by atoms with Gasteiger partial charge in [0.15, 0.2) is 0 Å². The number of hydrogen-bond donors (Lipinski definition) is 0. The van der Waals surface area contributed by atoms with Gasteiger partial charge < -0.3 is 0 Å². The van der Waals surface area contributed by atoms with Crippen LogP contribution in [-0.4, -0.2) is 78.3 Å². The summed E-state index contributed by atoms with van der Waals surface area (Å²) in [6.07, 6.45) is -22.7. The molecule has 6 unspecified atom stereocenters. The summed E-state index contributed by atoms with van der Waals surface area (Å²) in [4.78, 5) is 0. The quantitative estimate of drug-likeness (QED) is 0.295. The van der Waals surface area contributed by atoms with E-state index >= 15 is 0 Å². The van der Waals surface area contributed by atoms with Crippen molar-refractivity contribution < 1.29 is 50.1 Å². The van der Waals surface area contributed by atoms with Crippen molar-refractivity contribution >= 4 is 19.2 Å².